The van der Waals surface area contributed by atoms with Crippen molar-refractivity contribution in [3.8, 4) is 17.3 Å². The van der Waals surface area contributed by atoms with Crippen molar-refractivity contribution in [2.24, 2.45) is 0 Å². The van der Waals surface area contributed by atoms with Crippen LogP contribution in [0.5, 0.6) is 11.6 Å². The van der Waals surface area contributed by atoms with Crippen LogP contribution in [0.3, 0.4) is 0 Å². The molecule has 13 heteroatoms. The van der Waals surface area contributed by atoms with Crippen LogP contribution in [0.25, 0.3) is 5.69 Å². The summed E-state index contributed by atoms with van der Waals surface area (Å²) in [5.74, 6) is -1.11. The van der Waals surface area contributed by atoms with Crippen LogP contribution < -0.4 is 9.46 Å². The number of carbonyl (C=O) groups excluding carboxylic acids is 1. The number of hydrogen-bond acceptors (Lipinski definition) is 7. The van der Waals surface area contributed by atoms with E-state index in [-0.39, 0.29) is 23.2 Å². The molecule has 2 aromatic carbocycles. The Morgan fingerprint density at radius 2 is 1.84 bits per heavy atom. The van der Waals surface area contributed by atoms with Gasteiger partial charge in [-0.3, -0.25) is 14.9 Å². The van der Waals surface area contributed by atoms with Crippen LogP contribution in [0, 0.1) is 22.9 Å². The number of rotatable bonds is 9. The maximum atomic E-state index is 13.6. The number of halogens is 1. The number of hydrogen-bond donors (Lipinski definition) is 1. The number of non-ortho nitro benzene ring substituents is 1. The monoisotopic (exact) mass is 547 g/mol. The Labute approximate surface area is 220 Å². The number of benzene rings is 2. The number of aromatic nitrogens is 2. The van der Waals surface area contributed by atoms with Crippen LogP contribution >= 0.6 is 0 Å². The normalized spacial score (nSPS) is 11.9. The molecule has 3 aromatic rings. The van der Waals surface area contributed by atoms with Gasteiger partial charge in [-0.2, -0.15) is 9.78 Å². The Balaban J connectivity index is 2.23. The summed E-state index contributed by atoms with van der Waals surface area (Å²) in [7, 11) is -2.66. The first-order chi connectivity index (χ1) is 17.6. The second kappa shape index (κ2) is 10.9. The van der Waals surface area contributed by atoms with Crippen molar-refractivity contribution in [3.05, 3.63) is 69.7 Å². The summed E-state index contributed by atoms with van der Waals surface area (Å²) in [6.07, 6.45) is 0.716. The Hall–Kier alpha value is -3.84. The van der Waals surface area contributed by atoms with Crippen LogP contribution in [-0.4, -0.2) is 53.1 Å². The maximum absolute atomic E-state index is 13.6. The summed E-state index contributed by atoms with van der Waals surface area (Å²) in [4.78, 5) is 24.8. The third-order valence-corrected chi connectivity index (χ3v) is 7.10. The summed E-state index contributed by atoms with van der Waals surface area (Å²) >= 11 is 0. The molecule has 1 aromatic heterocycles. The average molecular weight is 548 g/mol. The van der Waals surface area contributed by atoms with E-state index in [2.05, 4.69) is 9.82 Å². The SMILES string of the molecule is CCCN(C)C(=O)c1nn(-c2ccc(F)cc2)c(Oc2ccc([N+](=O)[O-])cc2S(=O)(=O)NC(C)(C)C)c1C. The fourth-order valence-electron chi connectivity index (χ4n) is 3.65. The zero-order valence-corrected chi connectivity index (χ0v) is 22.8. The largest absolute Gasteiger partial charge is 0.437 e. The number of sulfonamides is 1. The summed E-state index contributed by atoms with van der Waals surface area (Å²) < 4.78 is 49.9. The first kappa shape index (κ1) is 28.7. The second-order valence-corrected chi connectivity index (χ2v) is 11.4. The van der Waals surface area contributed by atoms with Crippen LogP contribution in [0.2, 0.25) is 0 Å². The molecule has 1 heterocycles. The van der Waals surface area contributed by atoms with Crippen LogP contribution in [0.1, 0.15) is 50.2 Å². The fourth-order valence-corrected chi connectivity index (χ4v) is 5.21. The predicted octanol–water partition coefficient (Wildman–Crippen LogP) is 4.58. The topological polar surface area (TPSA) is 137 Å². The highest BCUT2D eigenvalue weighted by atomic mass is 32.2. The highest BCUT2D eigenvalue weighted by molar-refractivity contribution is 7.89. The van der Waals surface area contributed by atoms with Gasteiger partial charge in [-0.15, -0.1) is 0 Å². The zero-order valence-electron chi connectivity index (χ0n) is 22.0. The first-order valence-electron chi connectivity index (χ1n) is 11.8. The minimum Gasteiger partial charge on any atom is -0.437 e. The molecule has 0 aliphatic carbocycles. The lowest BCUT2D eigenvalue weighted by Gasteiger charge is -2.21. The molecular weight excluding hydrogens is 517 g/mol. The number of nitro benzene ring substituents is 1. The van der Waals surface area contributed by atoms with E-state index < -0.39 is 36.9 Å². The molecular formula is C25H30FN5O6S. The summed E-state index contributed by atoms with van der Waals surface area (Å²) in [6.45, 7) is 8.86. The molecule has 0 saturated carbocycles. The van der Waals surface area contributed by atoms with Gasteiger partial charge in [0.1, 0.15) is 16.5 Å². The molecule has 0 aliphatic rings. The van der Waals surface area contributed by atoms with Crippen molar-refractivity contribution in [3.63, 3.8) is 0 Å². The first-order valence-corrected chi connectivity index (χ1v) is 13.2. The Morgan fingerprint density at radius 1 is 1.21 bits per heavy atom. The zero-order chi connectivity index (χ0) is 28.4. The standard InChI is InChI=1S/C25H30FN5O6S/c1-7-14-29(6)23(32)22-16(2)24(30(27-22)18-10-8-17(26)9-11-18)37-20-13-12-19(31(33)34)15-21(20)38(35,36)28-25(3,4)5/h8-13,15,28H,7,14H2,1-6H3. The van der Waals surface area contributed by atoms with Crippen LogP contribution in [0.15, 0.2) is 47.4 Å². The molecule has 204 valence electrons. The lowest BCUT2D eigenvalue weighted by atomic mass is 10.1. The Bertz CT molecular complexity index is 1460. The lowest BCUT2D eigenvalue weighted by Crippen LogP contribution is -2.40. The van der Waals surface area contributed by atoms with E-state index in [1.807, 2.05) is 6.92 Å². The smallest absolute Gasteiger partial charge is 0.274 e. The summed E-state index contributed by atoms with van der Waals surface area (Å²) in [5, 5.41) is 15.8. The molecule has 1 N–H and O–H groups in total. The molecule has 1 amide bonds. The number of nitro groups is 1. The van der Waals surface area contributed by atoms with E-state index in [1.165, 1.54) is 39.9 Å². The molecule has 0 unspecified atom stereocenters. The lowest BCUT2D eigenvalue weighted by molar-refractivity contribution is -0.385. The number of nitrogens with zero attached hydrogens (tertiary/aromatic N) is 4. The van der Waals surface area contributed by atoms with E-state index in [1.54, 1.807) is 34.7 Å². The van der Waals surface area contributed by atoms with E-state index in [0.717, 1.165) is 12.1 Å². The van der Waals surface area contributed by atoms with Crippen molar-refractivity contribution in [1.29, 1.82) is 0 Å². The minimum absolute atomic E-state index is 0.00841. The van der Waals surface area contributed by atoms with Gasteiger partial charge in [-0.25, -0.2) is 17.5 Å². The number of nitrogens with one attached hydrogen (secondary N) is 1. The summed E-state index contributed by atoms with van der Waals surface area (Å²) in [5.41, 5.74) is -0.642. The minimum atomic E-state index is -4.28. The molecule has 38 heavy (non-hydrogen) atoms. The fraction of sp³-hybridized carbons (Fsp3) is 0.360. The number of ether oxygens (including phenoxy) is 1. The number of amides is 1. The summed E-state index contributed by atoms with van der Waals surface area (Å²) in [6, 6.07) is 8.44. The Kier molecular flexibility index (Phi) is 8.22. The molecule has 0 fully saturated rings. The Morgan fingerprint density at radius 3 is 2.39 bits per heavy atom. The van der Waals surface area contributed by atoms with Gasteiger partial charge < -0.3 is 9.64 Å². The van der Waals surface area contributed by atoms with E-state index >= 15 is 0 Å². The molecule has 0 bridgehead atoms. The van der Waals surface area contributed by atoms with Crippen LogP contribution in [0.4, 0.5) is 10.1 Å². The van der Waals surface area contributed by atoms with Crippen molar-refractivity contribution in [2.45, 2.75) is 51.5 Å². The predicted molar refractivity (Wildman–Crippen MR) is 139 cm³/mol. The van der Waals surface area contributed by atoms with Gasteiger partial charge in [-0.1, -0.05) is 6.92 Å². The molecule has 0 atom stereocenters. The van der Waals surface area contributed by atoms with E-state index in [4.69, 9.17) is 4.74 Å². The average Bonchev–Trinajstić information content (AvgIpc) is 3.13. The quantitative estimate of drug-likeness (QED) is 0.306. The third-order valence-electron chi connectivity index (χ3n) is 5.32. The molecule has 3 rings (SSSR count). The van der Waals surface area contributed by atoms with E-state index in [9.17, 15) is 27.7 Å². The van der Waals surface area contributed by atoms with E-state index in [0.29, 0.717) is 24.2 Å². The van der Waals surface area contributed by atoms with Crippen molar-refractivity contribution in [2.75, 3.05) is 13.6 Å². The highest BCUT2D eigenvalue weighted by Gasteiger charge is 2.30. The van der Waals surface area contributed by atoms with Gasteiger partial charge in [0.2, 0.25) is 15.9 Å². The van der Waals surface area contributed by atoms with Gasteiger partial charge >= 0.3 is 0 Å². The van der Waals surface area contributed by atoms with Gasteiger partial charge in [-0.05, 0) is 64.4 Å². The van der Waals surface area contributed by atoms with Gasteiger partial charge in [0, 0.05) is 36.8 Å². The second-order valence-electron chi connectivity index (χ2n) is 9.74. The molecule has 0 spiro atoms. The van der Waals surface area contributed by atoms with Crippen LogP contribution in [-0.2, 0) is 10.0 Å². The molecule has 11 nitrogen and oxygen atoms in total. The van der Waals surface area contributed by atoms with Crippen molar-refractivity contribution in [1.82, 2.24) is 19.4 Å². The highest BCUT2D eigenvalue weighted by Crippen LogP contribution is 2.36. The maximum Gasteiger partial charge on any atom is 0.274 e. The van der Waals surface area contributed by atoms with Gasteiger partial charge in [0.05, 0.1) is 10.6 Å². The van der Waals surface area contributed by atoms with Gasteiger partial charge in [0.25, 0.3) is 11.6 Å². The van der Waals surface area contributed by atoms with Gasteiger partial charge in [0.15, 0.2) is 5.69 Å². The number of carbonyl (C=O) groups is 1. The molecule has 0 aliphatic heterocycles. The van der Waals surface area contributed by atoms with Crippen molar-refractivity contribution >= 4 is 21.6 Å². The molecule has 0 radical (unpaired) electrons. The third kappa shape index (κ3) is 6.34. The molecule has 0 saturated heterocycles. The van der Waals surface area contributed by atoms with Crippen molar-refractivity contribution < 1.29 is 27.3 Å².